The third kappa shape index (κ3) is 4.68. The fourth-order valence-electron chi connectivity index (χ4n) is 1.50. The highest BCUT2D eigenvalue weighted by molar-refractivity contribution is 6.32. The third-order valence-electron chi connectivity index (χ3n) is 3.37. The van der Waals surface area contributed by atoms with Crippen LogP contribution in [-0.2, 0) is 6.54 Å². The van der Waals surface area contributed by atoms with E-state index in [4.69, 9.17) is 16.3 Å². The maximum Gasteiger partial charge on any atom is 0.142 e. The number of rotatable bonds is 7. The fraction of sp³-hybridized carbons (Fsp3) is 0.600. The summed E-state index contributed by atoms with van der Waals surface area (Å²) >= 11 is 6.18. The van der Waals surface area contributed by atoms with E-state index in [1.54, 1.807) is 13.0 Å². The second-order valence-electron chi connectivity index (χ2n) is 5.31. The maximum atomic E-state index is 10.2. The lowest BCUT2D eigenvalue weighted by Crippen LogP contribution is -2.38. The molecule has 1 atom stereocenters. The van der Waals surface area contributed by atoms with Gasteiger partial charge in [0, 0.05) is 12.1 Å². The molecule has 0 saturated carbocycles. The van der Waals surface area contributed by atoms with Gasteiger partial charge in [0.25, 0.3) is 0 Å². The molecule has 0 aliphatic rings. The molecule has 4 heteroatoms. The van der Waals surface area contributed by atoms with Crippen LogP contribution in [0.15, 0.2) is 18.2 Å². The van der Waals surface area contributed by atoms with Gasteiger partial charge in [-0.05, 0) is 25.5 Å². The zero-order valence-electron chi connectivity index (χ0n) is 12.2. The first-order chi connectivity index (χ1) is 8.88. The minimum Gasteiger partial charge on any atom is -0.489 e. The van der Waals surface area contributed by atoms with Gasteiger partial charge in [-0.25, -0.2) is 0 Å². The lowest BCUT2D eigenvalue weighted by atomic mass is 9.94. The first kappa shape index (κ1) is 16.3. The van der Waals surface area contributed by atoms with Gasteiger partial charge >= 0.3 is 0 Å². The topological polar surface area (TPSA) is 41.5 Å². The number of halogens is 1. The summed E-state index contributed by atoms with van der Waals surface area (Å²) in [5, 5.41) is 14.1. The van der Waals surface area contributed by atoms with E-state index in [0.717, 1.165) is 12.1 Å². The molecular weight excluding hydrogens is 262 g/mol. The van der Waals surface area contributed by atoms with Gasteiger partial charge in [0.05, 0.1) is 10.6 Å². The monoisotopic (exact) mass is 285 g/mol. The highest BCUT2D eigenvalue weighted by Crippen LogP contribution is 2.30. The Morgan fingerprint density at radius 2 is 2.11 bits per heavy atom. The minimum atomic E-state index is -0.866. The maximum absolute atomic E-state index is 10.2. The summed E-state index contributed by atoms with van der Waals surface area (Å²) in [6.45, 7) is 9.58. The van der Waals surface area contributed by atoms with E-state index in [-0.39, 0.29) is 12.5 Å². The molecule has 0 aliphatic heterocycles. The number of benzene rings is 1. The van der Waals surface area contributed by atoms with Gasteiger partial charge in [-0.15, -0.1) is 0 Å². The number of para-hydroxylation sites is 1. The van der Waals surface area contributed by atoms with Gasteiger partial charge in [0.2, 0.25) is 0 Å². The van der Waals surface area contributed by atoms with E-state index in [0.29, 0.717) is 17.3 Å². The zero-order valence-corrected chi connectivity index (χ0v) is 12.9. The predicted molar refractivity (Wildman–Crippen MR) is 79.8 cm³/mol. The molecule has 0 saturated heterocycles. The van der Waals surface area contributed by atoms with Crippen LogP contribution < -0.4 is 10.1 Å². The largest absolute Gasteiger partial charge is 0.489 e. The molecule has 108 valence electrons. The Kier molecular flexibility index (Phi) is 6.11. The van der Waals surface area contributed by atoms with Crippen molar-refractivity contribution in [1.82, 2.24) is 5.32 Å². The smallest absolute Gasteiger partial charge is 0.142 e. The van der Waals surface area contributed by atoms with Crippen LogP contribution in [0.5, 0.6) is 5.75 Å². The molecule has 1 unspecified atom stereocenters. The van der Waals surface area contributed by atoms with Crippen LogP contribution in [0.4, 0.5) is 0 Å². The standard InChI is InChI=1S/C15H24ClNO2/c1-5-17-9-12-7-6-8-13(16)14(12)19-10-15(4,18)11(2)3/h6-8,11,17-18H,5,9-10H2,1-4H3. The van der Waals surface area contributed by atoms with Crippen molar-refractivity contribution in [2.24, 2.45) is 5.92 Å². The van der Waals surface area contributed by atoms with Gasteiger partial charge in [0.1, 0.15) is 12.4 Å². The van der Waals surface area contributed by atoms with Crippen LogP contribution in [0.25, 0.3) is 0 Å². The Hall–Kier alpha value is -0.770. The van der Waals surface area contributed by atoms with E-state index in [1.807, 2.05) is 26.0 Å². The highest BCUT2D eigenvalue weighted by Gasteiger charge is 2.26. The molecule has 1 aromatic rings. The molecule has 0 heterocycles. The molecule has 0 radical (unpaired) electrons. The van der Waals surface area contributed by atoms with Crippen LogP contribution in [0, 0.1) is 5.92 Å². The Morgan fingerprint density at radius 3 is 2.68 bits per heavy atom. The van der Waals surface area contributed by atoms with Gasteiger partial charge in [-0.3, -0.25) is 0 Å². The average molecular weight is 286 g/mol. The summed E-state index contributed by atoms with van der Waals surface area (Å²) in [5.41, 5.74) is 0.142. The first-order valence-corrected chi connectivity index (χ1v) is 7.09. The molecule has 3 nitrogen and oxygen atoms in total. The van der Waals surface area contributed by atoms with Crippen molar-refractivity contribution in [3.63, 3.8) is 0 Å². The van der Waals surface area contributed by atoms with Gasteiger partial charge in [0.15, 0.2) is 0 Å². The zero-order chi connectivity index (χ0) is 14.5. The van der Waals surface area contributed by atoms with Crippen LogP contribution in [0.3, 0.4) is 0 Å². The number of nitrogens with one attached hydrogen (secondary N) is 1. The van der Waals surface area contributed by atoms with Crippen molar-refractivity contribution < 1.29 is 9.84 Å². The van der Waals surface area contributed by atoms with E-state index in [1.165, 1.54) is 0 Å². The van der Waals surface area contributed by atoms with Crippen LogP contribution in [0.1, 0.15) is 33.3 Å². The van der Waals surface area contributed by atoms with Crippen LogP contribution in [-0.4, -0.2) is 23.9 Å². The molecule has 0 bridgehead atoms. The van der Waals surface area contributed by atoms with E-state index >= 15 is 0 Å². The Morgan fingerprint density at radius 1 is 1.42 bits per heavy atom. The summed E-state index contributed by atoms with van der Waals surface area (Å²) in [6.07, 6.45) is 0. The third-order valence-corrected chi connectivity index (χ3v) is 3.66. The summed E-state index contributed by atoms with van der Waals surface area (Å²) in [4.78, 5) is 0. The second-order valence-corrected chi connectivity index (χ2v) is 5.72. The number of hydrogen-bond acceptors (Lipinski definition) is 3. The Labute approximate surface area is 120 Å². The lowest BCUT2D eigenvalue weighted by molar-refractivity contribution is -0.0268. The Balaban J connectivity index is 2.81. The number of ether oxygens (including phenoxy) is 1. The second kappa shape index (κ2) is 7.13. The molecule has 0 aromatic heterocycles. The molecule has 2 N–H and O–H groups in total. The summed E-state index contributed by atoms with van der Waals surface area (Å²) in [5.74, 6) is 0.776. The SMILES string of the molecule is CCNCc1cccc(Cl)c1OCC(C)(O)C(C)C. The fourth-order valence-corrected chi connectivity index (χ4v) is 1.75. The van der Waals surface area contributed by atoms with Crippen LogP contribution >= 0.6 is 11.6 Å². The quantitative estimate of drug-likeness (QED) is 0.808. The minimum absolute atomic E-state index is 0.118. The lowest BCUT2D eigenvalue weighted by Gasteiger charge is -2.28. The van der Waals surface area contributed by atoms with E-state index < -0.39 is 5.60 Å². The van der Waals surface area contributed by atoms with Crippen LogP contribution in [0.2, 0.25) is 5.02 Å². The molecule has 1 rings (SSSR count). The van der Waals surface area contributed by atoms with Gasteiger partial charge in [-0.1, -0.05) is 44.5 Å². The summed E-state index contributed by atoms with van der Waals surface area (Å²) in [7, 11) is 0. The summed E-state index contributed by atoms with van der Waals surface area (Å²) in [6, 6.07) is 5.69. The van der Waals surface area contributed by atoms with Crippen molar-refractivity contribution in [3.8, 4) is 5.75 Å². The molecule has 19 heavy (non-hydrogen) atoms. The van der Waals surface area contributed by atoms with Crippen molar-refractivity contribution in [2.45, 2.75) is 39.8 Å². The highest BCUT2D eigenvalue weighted by atomic mass is 35.5. The van der Waals surface area contributed by atoms with Gasteiger partial charge in [-0.2, -0.15) is 0 Å². The first-order valence-electron chi connectivity index (χ1n) is 6.71. The molecule has 1 aromatic carbocycles. The molecule has 0 aliphatic carbocycles. The average Bonchev–Trinajstić information content (AvgIpc) is 2.34. The van der Waals surface area contributed by atoms with Crippen molar-refractivity contribution >= 4 is 11.6 Å². The van der Waals surface area contributed by atoms with E-state index in [9.17, 15) is 5.11 Å². The van der Waals surface area contributed by atoms with E-state index in [2.05, 4.69) is 12.2 Å². The predicted octanol–water partition coefficient (Wildman–Crippen LogP) is 3.24. The van der Waals surface area contributed by atoms with Crippen molar-refractivity contribution in [3.05, 3.63) is 28.8 Å². The molecule has 0 amide bonds. The molecule has 0 spiro atoms. The normalized spacial score (nSPS) is 14.5. The van der Waals surface area contributed by atoms with Gasteiger partial charge < -0.3 is 15.2 Å². The molecular formula is C15H24ClNO2. The Bertz CT molecular complexity index is 405. The van der Waals surface area contributed by atoms with Crippen molar-refractivity contribution in [2.75, 3.05) is 13.2 Å². The van der Waals surface area contributed by atoms with Crippen molar-refractivity contribution in [1.29, 1.82) is 0 Å². The number of aliphatic hydroxyl groups is 1. The number of hydrogen-bond donors (Lipinski definition) is 2. The summed E-state index contributed by atoms with van der Waals surface area (Å²) < 4.78 is 5.77. The molecule has 0 fully saturated rings.